The largest absolute Gasteiger partial charge is 0.381 e. The first kappa shape index (κ1) is 12.6. The van der Waals surface area contributed by atoms with Crippen LogP contribution in [-0.2, 0) is 18.2 Å². The van der Waals surface area contributed by atoms with E-state index in [0.717, 1.165) is 25.6 Å². The highest BCUT2D eigenvalue weighted by Gasteiger charge is 2.19. The fourth-order valence-corrected chi connectivity index (χ4v) is 2.49. The molecule has 1 fully saturated rings. The Kier molecular flexibility index (Phi) is 4.57. The van der Waals surface area contributed by atoms with Crippen LogP contribution in [0.2, 0.25) is 0 Å². The second-order valence-corrected chi connectivity index (χ2v) is 5.01. The van der Waals surface area contributed by atoms with Crippen LogP contribution in [-0.4, -0.2) is 36.1 Å². The number of aryl methyl sites for hydroxylation is 2. The number of hydrogen-bond donors (Lipinski definition) is 1. The number of nitrogens with one attached hydrogen (secondary N) is 1. The van der Waals surface area contributed by atoms with Gasteiger partial charge in [0.15, 0.2) is 0 Å². The van der Waals surface area contributed by atoms with Crippen molar-refractivity contribution < 1.29 is 4.74 Å². The number of rotatable bonds is 6. The molecule has 0 radical (unpaired) electrons. The van der Waals surface area contributed by atoms with Crippen molar-refractivity contribution in [1.29, 1.82) is 0 Å². The fourth-order valence-electron chi connectivity index (χ4n) is 2.49. The summed E-state index contributed by atoms with van der Waals surface area (Å²) in [6.07, 6.45) is 8.81. The van der Waals surface area contributed by atoms with Crippen molar-refractivity contribution in [3.63, 3.8) is 0 Å². The second kappa shape index (κ2) is 6.17. The van der Waals surface area contributed by atoms with E-state index in [0.29, 0.717) is 6.04 Å². The Bertz CT molecular complexity index is 331. The smallest absolute Gasteiger partial charge is 0.0521 e. The summed E-state index contributed by atoms with van der Waals surface area (Å²) in [7, 11) is 4.03. The third kappa shape index (κ3) is 3.82. The molecule has 1 N–H and O–H groups in total. The van der Waals surface area contributed by atoms with Crippen LogP contribution < -0.4 is 5.32 Å². The number of hydrogen-bond acceptors (Lipinski definition) is 3. The summed E-state index contributed by atoms with van der Waals surface area (Å²) in [5, 5.41) is 7.62. The van der Waals surface area contributed by atoms with Crippen molar-refractivity contribution in [3.8, 4) is 0 Å². The van der Waals surface area contributed by atoms with Gasteiger partial charge in [0.25, 0.3) is 0 Å². The van der Waals surface area contributed by atoms with Crippen molar-refractivity contribution in [2.75, 3.05) is 20.3 Å². The Labute approximate surface area is 103 Å². The Balaban J connectivity index is 1.74. The molecule has 0 amide bonds. The van der Waals surface area contributed by atoms with E-state index in [4.69, 9.17) is 4.74 Å². The lowest BCUT2D eigenvalue weighted by Crippen LogP contribution is -2.28. The topological polar surface area (TPSA) is 39.1 Å². The summed E-state index contributed by atoms with van der Waals surface area (Å²) in [6.45, 7) is 1.90. The summed E-state index contributed by atoms with van der Waals surface area (Å²) in [5.74, 6) is 0.751. The molecule has 1 aliphatic rings. The molecule has 1 aliphatic heterocycles. The molecule has 0 aliphatic carbocycles. The minimum absolute atomic E-state index is 0.599. The Hall–Kier alpha value is -0.870. The van der Waals surface area contributed by atoms with Gasteiger partial charge in [0.2, 0.25) is 0 Å². The minimum Gasteiger partial charge on any atom is -0.381 e. The van der Waals surface area contributed by atoms with Crippen LogP contribution in [0, 0.1) is 5.92 Å². The lowest BCUT2D eigenvalue weighted by atomic mass is 9.95. The zero-order chi connectivity index (χ0) is 12.1. The van der Waals surface area contributed by atoms with Gasteiger partial charge >= 0.3 is 0 Å². The molecule has 2 unspecified atom stereocenters. The molecule has 17 heavy (non-hydrogen) atoms. The molecule has 0 aromatic carbocycles. The number of ether oxygens (including phenoxy) is 1. The van der Waals surface area contributed by atoms with E-state index in [9.17, 15) is 0 Å². The summed E-state index contributed by atoms with van der Waals surface area (Å²) >= 11 is 0. The Morgan fingerprint density at radius 2 is 2.53 bits per heavy atom. The summed E-state index contributed by atoms with van der Waals surface area (Å²) < 4.78 is 7.30. The van der Waals surface area contributed by atoms with Gasteiger partial charge in [-0.2, -0.15) is 5.10 Å². The average Bonchev–Trinajstić information content (AvgIpc) is 2.96. The van der Waals surface area contributed by atoms with Crippen LogP contribution in [0.4, 0.5) is 0 Å². The zero-order valence-electron chi connectivity index (χ0n) is 10.9. The molecule has 4 nitrogen and oxygen atoms in total. The average molecular weight is 237 g/mol. The highest BCUT2D eigenvalue weighted by molar-refractivity contribution is 5.04. The van der Waals surface area contributed by atoms with E-state index >= 15 is 0 Å². The van der Waals surface area contributed by atoms with Gasteiger partial charge in [-0.1, -0.05) is 0 Å². The van der Waals surface area contributed by atoms with Crippen LogP contribution >= 0.6 is 0 Å². The first-order valence-corrected chi connectivity index (χ1v) is 6.50. The van der Waals surface area contributed by atoms with Crippen molar-refractivity contribution in [1.82, 2.24) is 15.1 Å². The monoisotopic (exact) mass is 237 g/mol. The Morgan fingerprint density at radius 3 is 3.12 bits per heavy atom. The zero-order valence-corrected chi connectivity index (χ0v) is 10.9. The maximum atomic E-state index is 5.43. The number of aromatic nitrogens is 2. The predicted molar refractivity (Wildman–Crippen MR) is 67.9 cm³/mol. The van der Waals surface area contributed by atoms with E-state index in [1.165, 1.54) is 24.8 Å². The molecule has 4 heteroatoms. The molecule has 2 heterocycles. The van der Waals surface area contributed by atoms with Gasteiger partial charge in [0.05, 0.1) is 6.20 Å². The normalized spacial score (nSPS) is 21.9. The quantitative estimate of drug-likeness (QED) is 0.812. The standard InChI is InChI=1S/C13H23N3O/c1-14-13(7-11-5-6-17-10-11)4-3-12-8-15-16(2)9-12/h8-9,11,13-14H,3-7,10H2,1-2H3. The highest BCUT2D eigenvalue weighted by Crippen LogP contribution is 2.20. The van der Waals surface area contributed by atoms with Crippen LogP contribution in [0.15, 0.2) is 12.4 Å². The SMILES string of the molecule is CNC(CCc1cnn(C)c1)CC1CCOC1. The van der Waals surface area contributed by atoms with E-state index in [-0.39, 0.29) is 0 Å². The molecule has 1 aromatic heterocycles. The van der Waals surface area contributed by atoms with Crippen molar-refractivity contribution in [2.45, 2.75) is 31.7 Å². The summed E-state index contributed by atoms with van der Waals surface area (Å²) in [6, 6.07) is 0.599. The second-order valence-electron chi connectivity index (χ2n) is 5.01. The van der Waals surface area contributed by atoms with E-state index in [1.807, 2.05) is 17.9 Å². The maximum Gasteiger partial charge on any atom is 0.0521 e. The molecule has 0 bridgehead atoms. The molecule has 2 atom stereocenters. The molecule has 0 spiro atoms. The lowest BCUT2D eigenvalue weighted by Gasteiger charge is -2.18. The minimum atomic E-state index is 0.599. The summed E-state index contributed by atoms with van der Waals surface area (Å²) in [4.78, 5) is 0. The van der Waals surface area contributed by atoms with E-state index in [2.05, 4.69) is 23.7 Å². The molecule has 1 saturated heterocycles. The molecule has 2 rings (SSSR count). The number of nitrogens with zero attached hydrogens (tertiary/aromatic N) is 2. The lowest BCUT2D eigenvalue weighted by molar-refractivity contribution is 0.181. The van der Waals surface area contributed by atoms with Crippen LogP contribution in [0.25, 0.3) is 0 Å². The van der Waals surface area contributed by atoms with Gasteiger partial charge in [-0.05, 0) is 44.2 Å². The van der Waals surface area contributed by atoms with E-state index in [1.54, 1.807) is 0 Å². The molecular weight excluding hydrogens is 214 g/mol. The van der Waals surface area contributed by atoms with Crippen LogP contribution in [0.1, 0.15) is 24.8 Å². The predicted octanol–water partition coefficient (Wildman–Crippen LogP) is 1.37. The summed E-state index contributed by atoms with van der Waals surface area (Å²) in [5.41, 5.74) is 1.33. The Morgan fingerprint density at radius 1 is 1.65 bits per heavy atom. The first-order valence-electron chi connectivity index (χ1n) is 6.50. The van der Waals surface area contributed by atoms with Gasteiger partial charge in [0.1, 0.15) is 0 Å². The fraction of sp³-hybridized carbons (Fsp3) is 0.769. The van der Waals surface area contributed by atoms with Crippen molar-refractivity contribution >= 4 is 0 Å². The van der Waals surface area contributed by atoms with E-state index < -0.39 is 0 Å². The van der Waals surface area contributed by atoms with Gasteiger partial charge < -0.3 is 10.1 Å². The maximum absolute atomic E-state index is 5.43. The highest BCUT2D eigenvalue weighted by atomic mass is 16.5. The van der Waals surface area contributed by atoms with Gasteiger partial charge in [0, 0.05) is 32.5 Å². The third-order valence-corrected chi connectivity index (χ3v) is 3.59. The molecule has 1 aromatic rings. The molecular formula is C13H23N3O. The van der Waals surface area contributed by atoms with Crippen molar-refractivity contribution in [3.05, 3.63) is 18.0 Å². The third-order valence-electron chi connectivity index (χ3n) is 3.59. The van der Waals surface area contributed by atoms with Gasteiger partial charge in [-0.3, -0.25) is 4.68 Å². The van der Waals surface area contributed by atoms with Crippen LogP contribution in [0.5, 0.6) is 0 Å². The van der Waals surface area contributed by atoms with Crippen LogP contribution in [0.3, 0.4) is 0 Å². The first-order chi connectivity index (χ1) is 8.28. The molecule has 96 valence electrons. The van der Waals surface area contributed by atoms with Gasteiger partial charge in [-0.15, -0.1) is 0 Å². The molecule has 0 saturated carbocycles. The van der Waals surface area contributed by atoms with Gasteiger partial charge in [-0.25, -0.2) is 0 Å². The van der Waals surface area contributed by atoms with Crippen molar-refractivity contribution in [2.24, 2.45) is 13.0 Å².